The maximum absolute atomic E-state index is 14.9. The van der Waals surface area contributed by atoms with Crippen LogP contribution in [0.5, 0.6) is 0 Å². The molecule has 3 aromatic heterocycles. The van der Waals surface area contributed by atoms with Gasteiger partial charge in [-0.3, -0.25) is 4.68 Å². The van der Waals surface area contributed by atoms with E-state index >= 15 is 0 Å². The zero-order chi connectivity index (χ0) is 22.4. The van der Waals surface area contributed by atoms with Crippen LogP contribution in [0.4, 0.5) is 4.39 Å². The van der Waals surface area contributed by atoms with Gasteiger partial charge in [-0.1, -0.05) is 11.6 Å². The summed E-state index contributed by atoms with van der Waals surface area (Å²) in [4.78, 5) is 18.9. The molecule has 0 N–H and O–H groups in total. The summed E-state index contributed by atoms with van der Waals surface area (Å²) in [6, 6.07) is 4.56. The molecule has 7 nitrogen and oxygen atoms in total. The average molecular weight is 453 g/mol. The summed E-state index contributed by atoms with van der Waals surface area (Å²) in [5, 5.41) is 4.58. The molecule has 1 fully saturated rings. The Morgan fingerprint density at radius 2 is 1.94 bits per heavy atom. The summed E-state index contributed by atoms with van der Waals surface area (Å²) in [6.45, 7) is 4.34. The second-order valence-electron chi connectivity index (χ2n) is 8.15. The number of nitrogens with zero attached hydrogens (tertiary/aromatic N) is 6. The van der Waals surface area contributed by atoms with E-state index in [2.05, 4.69) is 15.1 Å². The minimum Gasteiger partial charge on any atom is -0.373 e. The Kier molecular flexibility index (Phi) is 5.35. The normalized spacial score (nSPS) is 18.9. The third-order valence-corrected chi connectivity index (χ3v) is 6.13. The molecule has 0 aliphatic carbocycles. The van der Waals surface area contributed by atoms with Crippen molar-refractivity contribution in [1.82, 2.24) is 29.7 Å². The first kappa shape index (κ1) is 20.9. The molecule has 4 aromatic rings. The fraction of sp³-hybridized carbons (Fsp3) is 0.348. The molecular formula is C23H22ClFN6O. The average Bonchev–Trinajstić information content (AvgIpc) is 3.21. The zero-order valence-corrected chi connectivity index (χ0v) is 18.8. The van der Waals surface area contributed by atoms with Crippen molar-refractivity contribution in [3.05, 3.63) is 64.2 Å². The van der Waals surface area contributed by atoms with Crippen molar-refractivity contribution in [3.63, 3.8) is 0 Å². The van der Waals surface area contributed by atoms with Crippen LogP contribution in [0.25, 0.3) is 22.4 Å². The lowest BCUT2D eigenvalue weighted by Gasteiger charge is -2.28. The quantitative estimate of drug-likeness (QED) is 0.441. The predicted octanol–water partition coefficient (Wildman–Crippen LogP) is 4.86. The predicted molar refractivity (Wildman–Crippen MR) is 119 cm³/mol. The second kappa shape index (κ2) is 8.18. The van der Waals surface area contributed by atoms with Gasteiger partial charge in [0.1, 0.15) is 22.9 Å². The van der Waals surface area contributed by atoms with Gasteiger partial charge in [-0.15, -0.1) is 0 Å². The van der Waals surface area contributed by atoms with Crippen molar-refractivity contribution in [2.45, 2.75) is 38.7 Å². The van der Waals surface area contributed by atoms with Gasteiger partial charge in [0.05, 0.1) is 23.7 Å². The molecule has 0 saturated carbocycles. The molecule has 1 aliphatic rings. The summed E-state index contributed by atoms with van der Waals surface area (Å²) in [5.74, 6) is 0.205. The van der Waals surface area contributed by atoms with E-state index in [-0.39, 0.29) is 12.0 Å². The van der Waals surface area contributed by atoms with Gasteiger partial charge in [0, 0.05) is 41.9 Å². The third kappa shape index (κ3) is 3.84. The topological polar surface area (TPSA) is 78.6 Å². The molecule has 1 aliphatic heterocycles. The van der Waals surface area contributed by atoms with E-state index in [4.69, 9.17) is 26.3 Å². The third-order valence-electron chi connectivity index (χ3n) is 5.89. The summed E-state index contributed by atoms with van der Waals surface area (Å²) >= 11 is 5.98. The van der Waals surface area contributed by atoms with Crippen LogP contribution in [0.15, 0.2) is 30.6 Å². The van der Waals surface area contributed by atoms with E-state index in [1.165, 1.54) is 6.07 Å². The van der Waals surface area contributed by atoms with Crippen molar-refractivity contribution in [3.8, 4) is 11.3 Å². The number of halogens is 2. The molecule has 1 saturated heterocycles. The lowest BCUT2D eigenvalue weighted by Crippen LogP contribution is -2.20. The fourth-order valence-electron chi connectivity index (χ4n) is 4.05. The summed E-state index contributed by atoms with van der Waals surface area (Å²) in [5.41, 5.74) is 4.27. The number of ether oxygens (including phenoxy) is 1. The maximum atomic E-state index is 14.9. The highest BCUT2D eigenvalue weighted by Crippen LogP contribution is 2.38. The largest absolute Gasteiger partial charge is 0.373 e. The number of aryl methyl sites for hydroxylation is 3. The van der Waals surface area contributed by atoms with Gasteiger partial charge in [-0.2, -0.15) is 5.10 Å². The molecule has 0 unspecified atom stereocenters. The molecule has 32 heavy (non-hydrogen) atoms. The maximum Gasteiger partial charge on any atom is 0.182 e. The number of benzene rings is 1. The van der Waals surface area contributed by atoms with Crippen LogP contribution in [0.3, 0.4) is 0 Å². The highest BCUT2D eigenvalue weighted by atomic mass is 35.5. The number of hydrogen-bond donors (Lipinski definition) is 0. The number of fused-ring (bicyclic) bond motifs is 1. The summed E-state index contributed by atoms with van der Waals surface area (Å²) < 4.78 is 22.6. The van der Waals surface area contributed by atoms with Gasteiger partial charge in [0.15, 0.2) is 5.65 Å². The van der Waals surface area contributed by atoms with E-state index in [1.54, 1.807) is 16.8 Å². The minimum absolute atomic E-state index is 0.0378. The highest BCUT2D eigenvalue weighted by molar-refractivity contribution is 6.30. The van der Waals surface area contributed by atoms with Gasteiger partial charge < -0.3 is 4.74 Å². The van der Waals surface area contributed by atoms with Gasteiger partial charge in [-0.05, 0) is 44.9 Å². The van der Waals surface area contributed by atoms with Crippen LogP contribution in [-0.4, -0.2) is 36.3 Å². The molecule has 0 radical (unpaired) electrons. The summed E-state index contributed by atoms with van der Waals surface area (Å²) in [6.07, 6.45) is 5.16. The molecule has 5 rings (SSSR count). The summed E-state index contributed by atoms with van der Waals surface area (Å²) in [7, 11) is 1.88. The van der Waals surface area contributed by atoms with Crippen LogP contribution in [0.1, 0.15) is 47.6 Å². The van der Waals surface area contributed by atoms with E-state index < -0.39 is 5.82 Å². The highest BCUT2D eigenvalue weighted by Gasteiger charge is 2.29. The van der Waals surface area contributed by atoms with Crippen LogP contribution in [0.2, 0.25) is 5.02 Å². The Morgan fingerprint density at radius 1 is 1.12 bits per heavy atom. The van der Waals surface area contributed by atoms with Gasteiger partial charge in [-0.25, -0.2) is 24.3 Å². The number of rotatable bonds is 3. The van der Waals surface area contributed by atoms with Gasteiger partial charge >= 0.3 is 0 Å². The van der Waals surface area contributed by atoms with E-state index in [1.807, 2.05) is 33.3 Å². The van der Waals surface area contributed by atoms with Gasteiger partial charge in [0.2, 0.25) is 0 Å². The molecular weight excluding hydrogens is 431 g/mol. The molecule has 4 heterocycles. The molecule has 9 heteroatoms. The number of hydrogen-bond acceptors (Lipinski definition) is 6. The second-order valence-corrected chi connectivity index (χ2v) is 8.59. The molecule has 0 amide bonds. The van der Waals surface area contributed by atoms with Crippen molar-refractivity contribution in [2.75, 3.05) is 6.61 Å². The van der Waals surface area contributed by atoms with Crippen LogP contribution >= 0.6 is 11.6 Å². The molecule has 0 spiro atoms. The van der Waals surface area contributed by atoms with Crippen molar-refractivity contribution in [1.29, 1.82) is 0 Å². The first-order chi connectivity index (χ1) is 15.4. The van der Waals surface area contributed by atoms with Crippen molar-refractivity contribution >= 4 is 22.8 Å². The zero-order valence-electron chi connectivity index (χ0n) is 18.0. The van der Waals surface area contributed by atoms with Crippen LogP contribution in [0, 0.1) is 19.7 Å². The first-order valence-corrected chi connectivity index (χ1v) is 10.9. The van der Waals surface area contributed by atoms with Crippen LogP contribution < -0.4 is 0 Å². The lowest BCUT2D eigenvalue weighted by atomic mass is 9.92. The fourth-order valence-corrected chi connectivity index (χ4v) is 4.21. The Balaban J connectivity index is 1.62. The standard InChI is InChI=1S/C23H22ClFN6O/c1-12-13(2)28-23-21(27-12)20(17-5-4-16(24)9-18(17)25)29-22(30-23)14-6-7-32-19(8-14)15-10-26-31(3)11-15/h4-5,9-11,14,19H,6-8H2,1-3H3/t14-,19+/m1/s1. The molecule has 164 valence electrons. The van der Waals surface area contributed by atoms with E-state index in [0.717, 1.165) is 23.4 Å². The molecule has 1 aromatic carbocycles. The minimum atomic E-state index is -0.455. The Bertz CT molecular complexity index is 1320. The first-order valence-electron chi connectivity index (χ1n) is 10.5. The molecule has 2 atom stereocenters. The van der Waals surface area contributed by atoms with E-state index in [0.29, 0.717) is 46.3 Å². The smallest absolute Gasteiger partial charge is 0.182 e. The Labute approximate surface area is 189 Å². The van der Waals surface area contributed by atoms with Crippen LogP contribution in [-0.2, 0) is 11.8 Å². The number of aromatic nitrogens is 6. The van der Waals surface area contributed by atoms with Crippen molar-refractivity contribution in [2.24, 2.45) is 7.05 Å². The SMILES string of the molecule is Cc1nc2nc([C@@H]3CCO[C@H](c4cnn(C)c4)C3)nc(-c3ccc(Cl)cc3F)c2nc1C. The van der Waals surface area contributed by atoms with Crippen molar-refractivity contribution < 1.29 is 9.13 Å². The van der Waals surface area contributed by atoms with E-state index in [9.17, 15) is 4.39 Å². The van der Waals surface area contributed by atoms with Gasteiger partial charge in [0.25, 0.3) is 0 Å². The lowest BCUT2D eigenvalue weighted by molar-refractivity contribution is 0.00398. The molecule has 0 bridgehead atoms. The Morgan fingerprint density at radius 3 is 2.69 bits per heavy atom. The monoisotopic (exact) mass is 452 g/mol. The Hall–Kier alpha value is -2.97.